The molecule has 1 aromatic rings. The molecule has 0 aliphatic heterocycles. The second-order valence-electron chi connectivity index (χ2n) is 2.75. The van der Waals surface area contributed by atoms with Crippen LogP contribution in [0.5, 0.6) is 5.75 Å². The van der Waals surface area contributed by atoms with Gasteiger partial charge in [0.1, 0.15) is 5.75 Å². The van der Waals surface area contributed by atoms with Crippen molar-refractivity contribution in [1.82, 2.24) is 0 Å². The van der Waals surface area contributed by atoms with E-state index in [4.69, 9.17) is 9.47 Å². The van der Waals surface area contributed by atoms with E-state index in [0.29, 0.717) is 11.3 Å². The van der Waals surface area contributed by atoms with E-state index in [1.54, 1.807) is 0 Å². The topological polar surface area (TPSA) is 68.1 Å². The minimum Gasteiger partial charge on any atom is -0.507 e. The molecule has 0 bridgehead atoms. The van der Waals surface area contributed by atoms with Crippen molar-refractivity contribution in [2.75, 3.05) is 14.2 Å². The first-order chi connectivity index (χ1) is 7.22. The Morgan fingerprint density at radius 2 is 2.07 bits per heavy atom. The van der Waals surface area contributed by atoms with Crippen molar-refractivity contribution < 1.29 is 19.4 Å². The molecule has 1 aromatic carbocycles. The third-order valence-electron chi connectivity index (χ3n) is 1.87. The molecule has 0 aromatic heterocycles. The fraction of sp³-hybridized carbons (Fsp3) is 0.300. The van der Waals surface area contributed by atoms with Gasteiger partial charge in [0.2, 0.25) is 6.08 Å². The number of methoxy groups -OCH3 is 2. The van der Waals surface area contributed by atoms with Crippen molar-refractivity contribution >= 4 is 11.8 Å². The average molecular weight is 209 g/mol. The van der Waals surface area contributed by atoms with E-state index < -0.39 is 6.29 Å². The number of carbonyl (C=O) groups excluding carboxylic acids is 1. The summed E-state index contributed by atoms with van der Waals surface area (Å²) in [6.07, 6.45) is 0.729. The Morgan fingerprint density at radius 3 is 2.60 bits per heavy atom. The van der Waals surface area contributed by atoms with E-state index in [1.165, 1.54) is 38.5 Å². The molecule has 0 atom stereocenters. The summed E-state index contributed by atoms with van der Waals surface area (Å²) < 4.78 is 9.95. The Balaban J connectivity index is 3.14. The van der Waals surface area contributed by atoms with E-state index in [0.717, 1.165) is 0 Å². The number of aromatic hydroxyl groups is 1. The van der Waals surface area contributed by atoms with Crippen LogP contribution in [0.2, 0.25) is 0 Å². The van der Waals surface area contributed by atoms with Crippen LogP contribution < -0.4 is 0 Å². The molecule has 0 aliphatic carbocycles. The van der Waals surface area contributed by atoms with Crippen molar-refractivity contribution in [1.29, 1.82) is 0 Å². The van der Waals surface area contributed by atoms with Crippen molar-refractivity contribution in [3.63, 3.8) is 0 Å². The number of ether oxygens (including phenoxy) is 2. The molecule has 80 valence electrons. The maximum absolute atomic E-state index is 10.1. The standard InChI is InChI=1S/C10H11NO4/c1-14-10(15-2)8-5-7(11-6-12)3-4-9(8)13/h3-5,10,13H,1-2H3. The van der Waals surface area contributed by atoms with E-state index in [2.05, 4.69) is 4.99 Å². The lowest BCUT2D eigenvalue weighted by Gasteiger charge is -2.14. The maximum Gasteiger partial charge on any atom is 0.240 e. The monoisotopic (exact) mass is 209 g/mol. The van der Waals surface area contributed by atoms with Crippen LogP contribution in [0.1, 0.15) is 11.9 Å². The molecule has 0 amide bonds. The third-order valence-corrected chi connectivity index (χ3v) is 1.87. The number of phenolic OH excluding ortho intramolecular Hbond substituents is 1. The Kier molecular flexibility index (Phi) is 4.00. The molecule has 0 heterocycles. The summed E-state index contributed by atoms with van der Waals surface area (Å²) in [5.74, 6) is 0.0218. The van der Waals surface area contributed by atoms with E-state index in [-0.39, 0.29) is 5.75 Å². The van der Waals surface area contributed by atoms with Crippen LogP contribution in [0.15, 0.2) is 23.2 Å². The number of phenols is 1. The van der Waals surface area contributed by atoms with Gasteiger partial charge in [0.25, 0.3) is 0 Å². The Morgan fingerprint density at radius 1 is 1.40 bits per heavy atom. The zero-order valence-electron chi connectivity index (χ0n) is 8.43. The minimum absolute atomic E-state index is 0.0218. The summed E-state index contributed by atoms with van der Waals surface area (Å²) in [6, 6.07) is 4.40. The van der Waals surface area contributed by atoms with Crippen molar-refractivity contribution in [2.24, 2.45) is 4.99 Å². The van der Waals surface area contributed by atoms with Crippen LogP contribution in [-0.2, 0) is 14.3 Å². The van der Waals surface area contributed by atoms with E-state index in [9.17, 15) is 9.90 Å². The maximum atomic E-state index is 10.1. The molecule has 1 N–H and O–H groups in total. The largest absolute Gasteiger partial charge is 0.507 e. The molecule has 0 spiro atoms. The molecule has 15 heavy (non-hydrogen) atoms. The lowest BCUT2D eigenvalue weighted by Crippen LogP contribution is -2.03. The van der Waals surface area contributed by atoms with E-state index in [1.807, 2.05) is 0 Å². The van der Waals surface area contributed by atoms with Gasteiger partial charge in [0.05, 0.1) is 11.3 Å². The highest BCUT2D eigenvalue weighted by atomic mass is 16.7. The van der Waals surface area contributed by atoms with Gasteiger partial charge in [-0.05, 0) is 18.2 Å². The first-order valence-electron chi connectivity index (χ1n) is 4.19. The Hall–Kier alpha value is -1.68. The summed E-state index contributed by atoms with van der Waals surface area (Å²) in [4.78, 5) is 13.5. The second-order valence-corrected chi connectivity index (χ2v) is 2.75. The quantitative estimate of drug-likeness (QED) is 0.465. The molecule has 0 saturated heterocycles. The van der Waals surface area contributed by atoms with Gasteiger partial charge >= 0.3 is 0 Å². The number of isocyanates is 1. The zero-order chi connectivity index (χ0) is 11.3. The minimum atomic E-state index is -0.688. The predicted octanol–water partition coefficient (Wildman–Crippen LogP) is 1.65. The van der Waals surface area contributed by atoms with Crippen LogP contribution in [0.3, 0.4) is 0 Å². The van der Waals surface area contributed by atoms with Gasteiger partial charge in [0.15, 0.2) is 6.29 Å². The average Bonchev–Trinajstić information content (AvgIpc) is 2.24. The normalized spacial score (nSPS) is 10.1. The molecular formula is C10H11NO4. The van der Waals surface area contributed by atoms with Crippen LogP contribution in [-0.4, -0.2) is 25.4 Å². The summed E-state index contributed by atoms with van der Waals surface area (Å²) in [5.41, 5.74) is 0.799. The number of nitrogens with zero attached hydrogens (tertiary/aromatic N) is 1. The fourth-order valence-electron chi connectivity index (χ4n) is 1.20. The highest BCUT2D eigenvalue weighted by Crippen LogP contribution is 2.30. The first-order valence-corrected chi connectivity index (χ1v) is 4.19. The summed E-state index contributed by atoms with van der Waals surface area (Å²) >= 11 is 0. The summed E-state index contributed by atoms with van der Waals surface area (Å²) in [5, 5.41) is 9.54. The molecule has 5 nitrogen and oxygen atoms in total. The van der Waals surface area contributed by atoms with Crippen molar-refractivity contribution in [3.8, 4) is 5.75 Å². The SMILES string of the molecule is COC(OC)c1cc(N=C=O)ccc1O. The molecule has 0 unspecified atom stereocenters. The number of benzene rings is 1. The number of hydrogen-bond donors (Lipinski definition) is 1. The highest BCUT2D eigenvalue weighted by molar-refractivity contribution is 5.53. The van der Waals surface area contributed by atoms with Crippen LogP contribution in [0, 0.1) is 0 Å². The number of rotatable bonds is 4. The summed E-state index contributed by atoms with van der Waals surface area (Å²) in [6.45, 7) is 0. The van der Waals surface area contributed by atoms with Crippen molar-refractivity contribution in [2.45, 2.75) is 6.29 Å². The van der Waals surface area contributed by atoms with Crippen molar-refractivity contribution in [3.05, 3.63) is 23.8 Å². The second kappa shape index (κ2) is 5.26. The summed E-state index contributed by atoms with van der Waals surface area (Å²) in [7, 11) is 2.90. The first kappa shape index (κ1) is 11.4. The molecule has 5 heteroatoms. The van der Waals surface area contributed by atoms with Crippen LogP contribution >= 0.6 is 0 Å². The predicted molar refractivity (Wildman–Crippen MR) is 52.6 cm³/mol. The van der Waals surface area contributed by atoms with Crippen LogP contribution in [0.25, 0.3) is 0 Å². The van der Waals surface area contributed by atoms with Gasteiger partial charge in [0, 0.05) is 14.2 Å². The Bertz CT molecular complexity index is 381. The van der Waals surface area contributed by atoms with Gasteiger partial charge in [-0.3, -0.25) is 0 Å². The fourth-order valence-corrected chi connectivity index (χ4v) is 1.20. The molecule has 1 rings (SSSR count). The smallest absolute Gasteiger partial charge is 0.240 e. The van der Waals surface area contributed by atoms with Gasteiger partial charge in [-0.15, -0.1) is 0 Å². The lowest BCUT2D eigenvalue weighted by atomic mass is 10.1. The van der Waals surface area contributed by atoms with Gasteiger partial charge in [-0.25, -0.2) is 4.79 Å². The Labute approximate surface area is 87.0 Å². The third kappa shape index (κ3) is 2.63. The van der Waals surface area contributed by atoms with Gasteiger partial charge in [-0.2, -0.15) is 4.99 Å². The lowest BCUT2D eigenvalue weighted by molar-refractivity contribution is -0.106. The number of hydrogen-bond acceptors (Lipinski definition) is 5. The van der Waals surface area contributed by atoms with Gasteiger partial charge < -0.3 is 14.6 Å². The molecule has 0 aliphatic rings. The zero-order valence-corrected chi connectivity index (χ0v) is 8.43. The highest BCUT2D eigenvalue weighted by Gasteiger charge is 2.14. The van der Waals surface area contributed by atoms with E-state index >= 15 is 0 Å². The van der Waals surface area contributed by atoms with Crippen LogP contribution in [0.4, 0.5) is 5.69 Å². The molecule has 0 radical (unpaired) electrons. The van der Waals surface area contributed by atoms with Gasteiger partial charge in [-0.1, -0.05) is 0 Å². The molecular weight excluding hydrogens is 198 g/mol. The molecule has 0 fully saturated rings. The molecule has 0 saturated carbocycles. The number of aliphatic imine (C=N–C) groups is 1.